The van der Waals surface area contributed by atoms with Crippen LogP contribution in [0.1, 0.15) is 30.9 Å². The molecule has 1 N–H and O–H groups in total. The zero-order valence-corrected chi connectivity index (χ0v) is 16.2. The number of hydrogen-bond acceptors (Lipinski definition) is 5. The lowest BCUT2D eigenvalue weighted by molar-refractivity contribution is -0.123. The van der Waals surface area contributed by atoms with Crippen LogP contribution < -0.4 is 10.1 Å². The number of nitrogens with zero attached hydrogens (tertiary/aromatic N) is 2. The molecule has 1 atom stereocenters. The fraction of sp³-hybridized carbons (Fsp3) is 0.650. The molecule has 2 aliphatic rings. The average Bonchev–Trinajstić information content (AvgIpc) is 2.60. The Labute approximate surface area is 156 Å². The summed E-state index contributed by atoms with van der Waals surface area (Å²) in [6, 6.07) is 8.12. The minimum atomic E-state index is -0.187. The third-order valence-electron chi connectivity index (χ3n) is 5.37. The number of likely N-dealkylation sites (N-methyl/N-ethyl adjacent to an activating group) is 1. The lowest BCUT2D eigenvalue weighted by Gasteiger charge is -2.47. The Morgan fingerprint density at radius 1 is 1.35 bits per heavy atom. The van der Waals surface area contributed by atoms with Gasteiger partial charge in [0.25, 0.3) is 0 Å². The van der Waals surface area contributed by atoms with Crippen LogP contribution in [0.15, 0.2) is 24.3 Å². The van der Waals surface area contributed by atoms with Gasteiger partial charge in [-0.1, -0.05) is 18.2 Å². The fourth-order valence-electron chi connectivity index (χ4n) is 3.98. The number of benzene rings is 1. The highest BCUT2D eigenvalue weighted by molar-refractivity contribution is 5.78. The highest BCUT2D eigenvalue weighted by Gasteiger charge is 2.43. The Morgan fingerprint density at radius 3 is 2.77 bits per heavy atom. The Morgan fingerprint density at radius 2 is 2.08 bits per heavy atom. The number of carbonyl (C=O) groups is 1. The smallest absolute Gasteiger partial charge is 0.234 e. The van der Waals surface area contributed by atoms with Crippen molar-refractivity contribution in [1.29, 1.82) is 0 Å². The van der Waals surface area contributed by atoms with E-state index in [1.807, 2.05) is 37.2 Å². The van der Waals surface area contributed by atoms with Crippen molar-refractivity contribution in [2.24, 2.45) is 0 Å². The molecule has 6 nitrogen and oxygen atoms in total. The van der Waals surface area contributed by atoms with Gasteiger partial charge in [0, 0.05) is 38.7 Å². The predicted molar refractivity (Wildman–Crippen MR) is 101 cm³/mol. The highest BCUT2D eigenvalue weighted by Crippen LogP contribution is 2.44. The molecule has 0 bridgehead atoms. The molecule has 1 unspecified atom stereocenters. The molecule has 1 aromatic carbocycles. The third-order valence-corrected chi connectivity index (χ3v) is 5.37. The number of nitrogens with one attached hydrogen (secondary N) is 1. The molecular weight excluding hydrogens is 330 g/mol. The van der Waals surface area contributed by atoms with Crippen molar-refractivity contribution in [3.63, 3.8) is 0 Å². The first kappa shape index (κ1) is 19.1. The zero-order chi connectivity index (χ0) is 18.6. The van der Waals surface area contributed by atoms with E-state index in [1.165, 1.54) is 0 Å². The van der Waals surface area contributed by atoms with E-state index in [2.05, 4.69) is 16.3 Å². The van der Waals surface area contributed by atoms with E-state index >= 15 is 0 Å². The number of piperidine rings is 1. The normalized spacial score (nSPS) is 22.1. The van der Waals surface area contributed by atoms with Crippen molar-refractivity contribution < 1.29 is 14.3 Å². The number of ether oxygens (including phenoxy) is 2. The number of likely N-dealkylation sites (tertiary alicyclic amines) is 1. The number of carbonyl (C=O) groups excluding carboxylic acids is 1. The molecule has 0 aliphatic carbocycles. The van der Waals surface area contributed by atoms with Gasteiger partial charge in [0.1, 0.15) is 11.4 Å². The van der Waals surface area contributed by atoms with Crippen molar-refractivity contribution >= 4 is 5.91 Å². The maximum Gasteiger partial charge on any atom is 0.234 e. The van der Waals surface area contributed by atoms with Gasteiger partial charge in [-0.25, -0.2) is 0 Å². The summed E-state index contributed by atoms with van der Waals surface area (Å²) in [6.45, 7) is 4.14. The highest BCUT2D eigenvalue weighted by atomic mass is 16.5. The molecule has 0 radical (unpaired) electrons. The summed E-state index contributed by atoms with van der Waals surface area (Å²) < 4.78 is 11.7. The van der Waals surface area contributed by atoms with Gasteiger partial charge in [0.2, 0.25) is 5.91 Å². The van der Waals surface area contributed by atoms with Crippen LogP contribution in [0.4, 0.5) is 0 Å². The monoisotopic (exact) mass is 361 g/mol. The Kier molecular flexibility index (Phi) is 6.16. The van der Waals surface area contributed by atoms with Gasteiger partial charge < -0.3 is 24.6 Å². The van der Waals surface area contributed by atoms with Gasteiger partial charge in [-0.2, -0.15) is 0 Å². The molecule has 1 fully saturated rings. The van der Waals surface area contributed by atoms with Crippen LogP contribution in [0.2, 0.25) is 0 Å². The number of para-hydroxylation sites is 1. The number of amides is 1. The molecule has 1 aromatic rings. The second-order valence-electron chi connectivity index (χ2n) is 7.72. The van der Waals surface area contributed by atoms with Crippen LogP contribution in [-0.4, -0.2) is 75.3 Å². The summed E-state index contributed by atoms with van der Waals surface area (Å²) in [7, 11) is 5.57. The van der Waals surface area contributed by atoms with Crippen LogP contribution in [-0.2, 0) is 9.53 Å². The second kappa shape index (κ2) is 8.37. The van der Waals surface area contributed by atoms with Crippen LogP contribution >= 0.6 is 0 Å². The second-order valence-corrected chi connectivity index (χ2v) is 7.72. The molecule has 144 valence electrons. The maximum atomic E-state index is 12.4. The molecular formula is C20H31N3O3. The Bertz CT molecular complexity index is 612. The van der Waals surface area contributed by atoms with Gasteiger partial charge in [0.15, 0.2) is 0 Å². The summed E-state index contributed by atoms with van der Waals surface area (Å²) in [5, 5.41) is 3.23. The Balaban J connectivity index is 1.71. The summed E-state index contributed by atoms with van der Waals surface area (Å²) in [5.41, 5.74) is 0.903. The average molecular weight is 361 g/mol. The topological polar surface area (TPSA) is 54.0 Å². The molecule has 0 aromatic heterocycles. The molecule has 1 saturated heterocycles. The van der Waals surface area contributed by atoms with Crippen LogP contribution in [0, 0.1) is 0 Å². The molecule has 6 heteroatoms. The van der Waals surface area contributed by atoms with E-state index in [9.17, 15) is 4.79 Å². The zero-order valence-electron chi connectivity index (χ0n) is 16.2. The molecule has 1 spiro atoms. The van der Waals surface area contributed by atoms with Gasteiger partial charge in [-0.05, 0) is 33.0 Å². The standard InChI is InChI=1S/C20H31N3O3/c1-22(2)15-19(24)21-17-14-20(26-18-7-5-4-6-16(17)18)8-10-23(11-9-20)12-13-25-3/h4-7,17H,8-15H2,1-3H3,(H,21,24). The predicted octanol–water partition coefficient (Wildman–Crippen LogP) is 1.67. The van der Waals surface area contributed by atoms with Crippen molar-refractivity contribution in [1.82, 2.24) is 15.1 Å². The van der Waals surface area contributed by atoms with Gasteiger partial charge in [0.05, 0.1) is 19.2 Å². The van der Waals surface area contributed by atoms with Crippen molar-refractivity contribution in [3.8, 4) is 5.75 Å². The first-order valence-electron chi connectivity index (χ1n) is 9.45. The molecule has 2 heterocycles. The summed E-state index contributed by atoms with van der Waals surface area (Å²) in [5.74, 6) is 0.976. The minimum absolute atomic E-state index is 0.0120. The summed E-state index contributed by atoms with van der Waals surface area (Å²) >= 11 is 0. The lowest BCUT2D eigenvalue weighted by atomic mass is 9.80. The quantitative estimate of drug-likeness (QED) is 0.835. The third kappa shape index (κ3) is 4.55. The lowest BCUT2D eigenvalue weighted by Crippen LogP contribution is -2.53. The van der Waals surface area contributed by atoms with Crippen molar-refractivity contribution in [3.05, 3.63) is 29.8 Å². The molecule has 3 rings (SSSR count). The van der Waals surface area contributed by atoms with Crippen LogP contribution in [0.25, 0.3) is 0 Å². The fourth-order valence-corrected chi connectivity index (χ4v) is 3.98. The van der Waals surface area contributed by atoms with E-state index < -0.39 is 0 Å². The molecule has 26 heavy (non-hydrogen) atoms. The first-order valence-corrected chi connectivity index (χ1v) is 9.45. The van der Waals surface area contributed by atoms with E-state index in [1.54, 1.807) is 7.11 Å². The Hall–Kier alpha value is -1.63. The maximum absolute atomic E-state index is 12.4. The summed E-state index contributed by atoms with van der Waals surface area (Å²) in [6.07, 6.45) is 2.79. The van der Waals surface area contributed by atoms with Gasteiger partial charge in [-0.15, -0.1) is 0 Å². The van der Waals surface area contributed by atoms with E-state index in [0.29, 0.717) is 6.54 Å². The number of methoxy groups -OCH3 is 1. The van der Waals surface area contributed by atoms with Crippen LogP contribution in [0.3, 0.4) is 0 Å². The van der Waals surface area contributed by atoms with Crippen LogP contribution in [0.5, 0.6) is 5.75 Å². The molecule has 1 amide bonds. The molecule has 2 aliphatic heterocycles. The minimum Gasteiger partial charge on any atom is -0.487 e. The number of rotatable bonds is 6. The first-order chi connectivity index (χ1) is 12.5. The SMILES string of the molecule is COCCN1CCC2(CC1)CC(NC(=O)CN(C)C)c1ccccc1O2. The summed E-state index contributed by atoms with van der Waals surface area (Å²) in [4.78, 5) is 16.7. The van der Waals surface area contributed by atoms with Crippen molar-refractivity contribution in [2.45, 2.75) is 30.9 Å². The van der Waals surface area contributed by atoms with E-state index in [-0.39, 0.29) is 17.6 Å². The van der Waals surface area contributed by atoms with E-state index in [4.69, 9.17) is 9.47 Å². The van der Waals surface area contributed by atoms with Crippen molar-refractivity contribution in [2.75, 3.05) is 54.0 Å². The van der Waals surface area contributed by atoms with Gasteiger partial charge in [-0.3, -0.25) is 4.79 Å². The largest absolute Gasteiger partial charge is 0.487 e. The number of fused-ring (bicyclic) bond motifs is 1. The van der Waals surface area contributed by atoms with E-state index in [0.717, 1.165) is 56.8 Å². The van der Waals surface area contributed by atoms with Gasteiger partial charge >= 0.3 is 0 Å². The molecule has 0 saturated carbocycles. The number of hydrogen-bond donors (Lipinski definition) is 1.